The molecule has 17 heteroatoms. The van der Waals surface area contributed by atoms with Crippen molar-refractivity contribution in [3.63, 3.8) is 0 Å². The molecule has 3 heterocycles. The van der Waals surface area contributed by atoms with E-state index in [0.29, 0.717) is 97.1 Å². The molecule has 0 fully saturated rings. The van der Waals surface area contributed by atoms with Crippen molar-refractivity contribution in [2.75, 3.05) is 72.6 Å². The summed E-state index contributed by atoms with van der Waals surface area (Å²) in [6.07, 6.45) is 0.797. The van der Waals surface area contributed by atoms with Gasteiger partial charge in [-0.3, -0.25) is 24.1 Å². The molecule has 2 amide bonds. The molecule has 3 aliphatic rings. The van der Waals surface area contributed by atoms with Crippen molar-refractivity contribution in [2.24, 2.45) is 0 Å². The molecule has 0 aromatic heterocycles. The highest BCUT2D eigenvalue weighted by Crippen LogP contribution is 2.55. The minimum Gasteiger partial charge on any atom is -0.491 e. The normalized spacial score (nSPS) is 16.7. The molecule has 0 unspecified atom stereocenters. The lowest BCUT2D eigenvalue weighted by molar-refractivity contribution is -0.145. The first-order valence-corrected chi connectivity index (χ1v) is 21.6. The average Bonchev–Trinajstić information content (AvgIpc) is 3.90. The number of hydrogen-bond donors (Lipinski definition) is 0. The van der Waals surface area contributed by atoms with Crippen molar-refractivity contribution >= 4 is 103 Å². The van der Waals surface area contributed by atoms with Crippen LogP contribution in [-0.2, 0) is 39.1 Å². The molecule has 0 spiro atoms. The number of imide groups is 1. The number of carbonyl (C=O) groups is 4. The van der Waals surface area contributed by atoms with Crippen molar-refractivity contribution in [1.29, 1.82) is 0 Å². The number of halogens is 2. The zero-order valence-electron chi connectivity index (χ0n) is 27.8. The molecule has 0 saturated carbocycles. The summed E-state index contributed by atoms with van der Waals surface area (Å²) in [5.74, 6) is -0.971. The van der Waals surface area contributed by atoms with Crippen LogP contribution in [0.15, 0.2) is 65.5 Å². The maximum Gasteiger partial charge on any atom is 0.326 e. The standard InChI is InChI=1S/C35H35Br2NO10S4/c36-15-24-3-4-25(16-37)31-30(24)32(41)38(33(31)42)17-29(40)48-14-12-44-8-10-46-20-28-22-50-35(52-28)34-49-21-27(51-34)19-45-9-7-43-11-13-47-26-5-1-23(18-39)2-6-26/h1-6,18,21-22H,7-17,19-20H2/b35-34-. The van der Waals surface area contributed by atoms with Gasteiger partial charge in [0.2, 0.25) is 0 Å². The van der Waals surface area contributed by atoms with Gasteiger partial charge in [-0.25, -0.2) is 0 Å². The largest absolute Gasteiger partial charge is 0.491 e. The topological polar surface area (TPSA) is 127 Å². The third-order valence-corrected chi connectivity index (χ3v) is 13.8. The van der Waals surface area contributed by atoms with Gasteiger partial charge in [-0.15, -0.1) is 0 Å². The van der Waals surface area contributed by atoms with Crippen molar-refractivity contribution < 1.29 is 47.6 Å². The summed E-state index contributed by atoms with van der Waals surface area (Å²) in [4.78, 5) is 52.3. The summed E-state index contributed by atoms with van der Waals surface area (Å²) < 4.78 is 35.9. The number of nitrogens with zero attached hydrogens (tertiary/aromatic N) is 1. The number of rotatable bonds is 22. The average molecular weight is 918 g/mol. The van der Waals surface area contributed by atoms with Crippen LogP contribution in [0.4, 0.5) is 0 Å². The molecule has 0 N–H and O–H groups in total. The summed E-state index contributed by atoms with van der Waals surface area (Å²) in [5.41, 5.74) is 2.67. The molecule has 5 rings (SSSR count). The highest BCUT2D eigenvalue weighted by molar-refractivity contribution is 9.08. The second-order valence-electron chi connectivity index (χ2n) is 10.9. The Balaban J connectivity index is 0.861. The van der Waals surface area contributed by atoms with Crippen LogP contribution in [0.25, 0.3) is 0 Å². The van der Waals surface area contributed by atoms with E-state index in [1.807, 2.05) is 0 Å². The third kappa shape index (κ3) is 11.7. The number of alkyl halides is 2. The molecule has 52 heavy (non-hydrogen) atoms. The van der Waals surface area contributed by atoms with E-state index in [4.69, 9.17) is 28.4 Å². The highest BCUT2D eigenvalue weighted by Gasteiger charge is 2.40. The number of amides is 2. The SMILES string of the molecule is O=Cc1ccc(OCCOCCOCC2=CS/C(=C3\SC=C(COCCOCCOC(=O)CN4C(=O)c5c(CBr)ccc(CBr)c5C4=O)S3)S2)cc1. The lowest BCUT2D eigenvalue weighted by atomic mass is 9.99. The fourth-order valence-corrected chi connectivity index (χ4v) is 10.6. The third-order valence-electron chi connectivity index (χ3n) is 7.32. The van der Waals surface area contributed by atoms with E-state index in [0.717, 1.165) is 21.0 Å². The molecule has 278 valence electrons. The van der Waals surface area contributed by atoms with Crippen molar-refractivity contribution in [1.82, 2.24) is 4.90 Å². The number of aldehydes is 1. The summed E-state index contributed by atoms with van der Waals surface area (Å²) in [5, 5.41) is 5.05. The molecular formula is C35H35Br2NO10S4. The van der Waals surface area contributed by atoms with Crippen LogP contribution in [0.3, 0.4) is 0 Å². The fourth-order valence-electron chi connectivity index (χ4n) is 4.82. The van der Waals surface area contributed by atoms with Gasteiger partial charge in [-0.2, -0.15) is 0 Å². The van der Waals surface area contributed by atoms with Crippen molar-refractivity contribution in [3.05, 3.63) is 93.3 Å². The lowest BCUT2D eigenvalue weighted by Crippen LogP contribution is -2.36. The zero-order chi connectivity index (χ0) is 36.7. The van der Waals surface area contributed by atoms with Crippen LogP contribution in [0.2, 0.25) is 0 Å². The van der Waals surface area contributed by atoms with E-state index in [-0.39, 0.29) is 13.2 Å². The summed E-state index contributed by atoms with van der Waals surface area (Å²) in [7, 11) is 0. The smallest absolute Gasteiger partial charge is 0.326 e. The molecule has 0 aliphatic carbocycles. The molecule has 0 saturated heterocycles. The molecule has 2 aromatic rings. The summed E-state index contributed by atoms with van der Waals surface area (Å²) >= 11 is 13.5. The molecule has 11 nitrogen and oxygen atoms in total. The Morgan fingerprint density at radius 1 is 0.673 bits per heavy atom. The van der Waals surface area contributed by atoms with Gasteiger partial charge in [0.15, 0.2) is 0 Å². The number of thioether (sulfide) groups is 4. The zero-order valence-corrected chi connectivity index (χ0v) is 34.2. The first-order chi connectivity index (χ1) is 25.4. The van der Waals surface area contributed by atoms with Gasteiger partial charge in [0, 0.05) is 26.0 Å². The van der Waals surface area contributed by atoms with Crippen LogP contribution in [-0.4, -0.2) is 102 Å². The van der Waals surface area contributed by atoms with Gasteiger partial charge in [0.25, 0.3) is 11.8 Å². The van der Waals surface area contributed by atoms with Gasteiger partial charge in [-0.1, -0.05) is 91.0 Å². The van der Waals surface area contributed by atoms with E-state index in [9.17, 15) is 19.2 Å². The number of fused-ring (bicyclic) bond motifs is 1. The summed E-state index contributed by atoms with van der Waals surface area (Å²) in [6.45, 7) is 3.23. The first-order valence-electron chi connectivity index (χ1n) is 16.0. The molecule has 3 aliphatic heterocycles. The van der Waals surface area contributed by atoms with Crippen molar-refractivity contribution in [2.45, 2.75) is 10.7 Å². The van der Waals surface area contributed by atoms with Crippen LogP contribution in [0, 0.1) is 0 Å². The van der Waals surface area contributed by atoms with Gasteiger partial charge in [-0.05, 0) is 46.2 Å². The number of benzene rings is 2. The van der Waals surface area contributed by atoms with E-state index in [1.165, 1.54) is 8.47 Å². The van der Waals surface area contributed by atoms with Crippen LogP contribution < -0.4 is 4.74 Å². The van der Waals surface area contributed by atoms with Crippen LogP contribution in [0.5, 0.6) is 5.75 Å². The fraction of sp³-hybridized carbons (Fsp3) is 0.371. The Morgan fingerprint density at radius 2 is 1.17 bits per heavy atom. The van der Waals surface area contributed by atoms with E-state index in [2.05, 4.69) is 42.7 Å². The monoisotopic (exact) mass is 915 g/mol. The van der Waals surface area contributed by atoms with Crippen LogP contribution >= 0.6 is 78.9 Å². The van der Waals surface area contributed by atoms with E-state index in [1.54, 1.807) is 83.4 Å². The van der Waals surface area contributed by atoms with E-state index < -0.39 is 24.3 Å². The highest BCUT2D eigenvalue weighted by atomic mass is 79.9. The first kappa shape index (κ1) is 41.1. The molecule has 0 atom stereocenters. The Hall–Kier alpha value is -2.06. The quantitative estimate of drug-likeness (QED) is 0.0384. The number of carbonyl (C=O) groups excluding carboxylic acids is 4. The van der Waals surface area contributed by atoms with Gasteiger partial charge in [0.1, 0.15) is 31.8 Å². The second-order valence-corrected chi connectivity index (χ2v) is 16.5. The lowest BCUT2D eigenvalue weighted by Gasteiger charge is -2.13. The van der Waals surface area contributed by atoms with Gasteiger partial charge < -0.3 is 28.4 Å². The maximum absolute atomic E-state index is 13.0. The van der Waals surface area contributed by atoms with E-state index >= 15 is 0 Å². The van der Waals surface area contributed by atoms with Crippen LogP contribution in [0.1, 0.15) is 42.2 Å². The molecule has 0 radical (unpaired) electrons. The van der Waals surface area contributed by atoms with Gasteiger partial charge >= 0.3 is 5.97 Å². The van der Waals surface area contributed by atoms with Gasteiger partial charge in [0.05, 0.1) is 72.5 Å². The Labute approximate surface area is 335 Å². The second kappa shape index (κ2) is 21.7. The Morgan fingerprint density at radius 3 is 1.69 bits per heavy atom. The van der Waals surface area contributed by atoms with Crippen molar-refractivity contribution in [3.8, 4) is 5.75 Å². The summed E-state index contributed by atoms with van der Waals surface area (Å²) in [6, 6.07) is 10.5. The molecule has 0 bridgehead atoms. The predicted molar refractivity (Wildman–Crippen MR) is 212 cm³/mol. The number of ether oxygens (including phenoxy) is 6. The Bertz CT molecular complexity index is 1660. The predicted octanol–water partition coefficient (Wildman–Crippen LogP) is 7.34. The molecular weight excluding hydrogens is 882 g/mol. The minimum absolute atomic E-state index is 0.00311. The minimum atomic E-state index is -0.680. The molecule has 2 aromatic carbocycles. The maximum atomic E-state index is 13.0. The number of hydrogen-bond acceptors (Lipinski definition) is 14. The number of esters is 1. The Kier molecular flexibility index (Phi) is 17.2.